The second kappa shape index (κ2) is 1.55. The fourth-order valence-electron chi connectivity index (χ4n) is 0.394. The van der Waals surface area contributed by atoms with E-state index in [1.165, 1.54) is 0 Å². The van der Waals surface area contributed by atoms with Gasteiger partial charge in [0.05, 0.1) is 6.20 Å². The van der Waals surface area contributed by atoms with E-state index in [2.05, 4.69) is 4.98 Å². The molecule has 0 aromatic carbocycles. The third-order valence-corrected chi connectivity index (χ3v) is 0.708. The number of hydrogen-bond donors (Lipinski definition) is 2. The highest BCUT2D eigenvalue weighted by atomic mass is 16.3. The molecule has 3 nitrogen and oxygen atoms in total. The van der Waals surface area contributed by atoms with Crippen LogP contribution in [-0.4, -0.2) is 4.98 Å². The first-order valence-corrected chi connectivity index (χ1v) is 1.95. The van der Waals surface area contributed by atoms with Crippen molar-refractivity contribution in [2.75, 3.05) is 0 Å². The normalized spacial score (nSPS) is 8.57. The van der Waals surface area contributed by atoms with Crippen LogP contribution in [0.25, 0.3) is 0 Å². The number of nitrogens with one attached hydrogen (secondary N) is 2. The Morgan fingerprint density at radius 2 is 2.57 bits per heavy atom. The maximum absolute atomic E-state index is 9.71. The molecule has 0 saturated heterocycles. The van der Waals surface area contributed by atoms with Crippen molar-refractivity contribution >= 4 is 5.82 Å². The minimum atomic E-state index is 0.500. The van der Waals surface area contributed by atoms with E-state index >= 15 is 0 Å². The van der Waals surface area contributed by atoms with E-state index < -0.39 is 0 Å². The lowest BCUT2D eigenvalue weighted by Gasteiger charge is -1.60. The molecule has 0 saturated carbocycles. The number of aromatic amines is 1. The highest BCUT2D eigenvalue weighted by Crippen LogP contribution is 1.88. The predicted molar refractivity (Wildman–Crippen MR) is 24.8 cm³/mol. The number of rotatable bonds is 1. The second-order valence-electron chi connectivity index (χ2n) is 1.19. The predicted octanol–water partition coefficient (Wildman–Crippen LogP) is -0.507. The van der Waals surface area contributed by atoms with Crippen LogP contribution in [0.4, 0.5) is 5.82 Å². The van der Waals surface area contributed by atoms with Crippen molar-refractivity contribution in [2.24, 2.45) is 0 Å². The van der Waals surface area contributed by atoms with Crippen LogP contribution in [0.1, 0.15) is 0 Å². The van der Waals surface area contributed by atoms with Crippen LogP contribution in [0.2, 0.25) is 0 Å². The number of nitroso groups, excluding NO2 is 1. The van der Waals surface area contributed by atoms with E-state index in [1.54, 1.807) is 23.5 Å². The summed E-state index contributed by atoms with van der Waals surface area (Å²) in [7, 11) is 0. The Balaban J connectivity index is 2.96. The Morgan fingerprint density at radius 1 is 1.71 bits per heavy atom. The maximum Gasteiger partial charge on any atom is 0.315 e. The Bertz CT molecular complexity index is 145. The summed E-state index contributed by atoms with van der Waals surface area (Å²) in [5.74, 6) is 0.500. The molecule has 2 N–H and O–H groups in total. The summed E-state index contributed by atoms with van der Waals surface area (Å²) in [6.45, 7) is 0. The van der Waals surface area contributed by atoms with Gasteiger partial charge in [-0.25, -0.2) is 4.98 Å². The molecular formula is C4H5N2O+. The molecule has 0 spiro atoms. The summed E-state index contributed by atoms with van der Waals surface area (Å²) in [6.07, 6.45) is 1.68. The highest BCUT2D eigenvalue weighted by Gasteiger charge is 1.90. The van der Waals surface area contributed by atoms with Gasteiger partial charge in [0.15, 0.2) is 0 Å². The van der Waals surface area contributed by atoms with Crippen LogP contribution in [0.3, 0.4) is 0 Å². The van der Waals surface area contributed by atoms with Crippen molar-refractivity contribution in [2.45, 2.75) is 0 Å². The smallest absolute Gasteiger partial charge is 0.245 e. The lowest BCUT2D eigenvalue weighted by atomic mass is 10.6. The zero-order valence-electron chi connectivity index (χ0n) is 3.64. The molecule has 0 bridgehead atoms. The van der Waals surface area contributed by atoms with Gasteiger partial charge < -0.3 is 0 Å². The Hall–Kier alpha value is -1.12. The van der Waals surface area contributed by atoms with Gasteiger partial charge in [-0.15, -0.1) is 0 Å². The highest BCUT2D eigenvalue weighted by molar-refractivity contribution is 5.15. The van der Waals surface area contributed by atoms with Crippen molar-refractivity contribution in [3.05, 3.63) is 23.2 Å². The third-order valence-electron chi connectivity index (χ3n) is 0.708. The molecule has 3 heteroatoms. The summed E-state index contributed by atoms with van der Waals surface area (Å²) in [5, 5.41) is 1.70. The third kappa shape index (κ3) is 0.652. The lowest BCUT2D eigenvalue weighted by molar-refractivity contribution is -0.384. The van der Waals surface area contributed by atoms with Crippen LogP contribution in [-0.2, 0) is 0 Å². The molecule has 1 heterocycles. The summed E-state index contributed by atoms with van der Waals surface area (Å²) in [4.78, 5) is 12.4. The van der Waals surface area contributed by atoms with E-state index in [4.69, 9.17) is 0 Å². The van der Waals surface area contributed by atoms with Gasteiger partial charge in [-0.1, -0.05) is 4.91 Å². The first-order chi connectivity index (χ1) is 3.43. The zero-order chi connectivity index (χ0) is 5.11. The fraction of sp³-hybridized carbons (Fsp3) is 0. The molecule has 36 valence electrons. The molecule has 0 fully saturated rings. The first kappa shape index (κ1) is 4.05. The summed E-state index contributed by atoms with van der Waals surface area (Å²) >= 11 is 0. The summed E-state index contributed by atoms with van der Waals surface area (Å²) in [5.41, 5.74) is 0. The van der Waals surface area contributed by atoms with Crippen molar-refractivity contribution in [1.82, 2.24) is 4.98 Å². The van der Waals surface area contributed by atoms with Crippen LogP contribution in [0.15, 0.2) is 18.3 Å². The topological polar surface area (TPSA) is 46.8 Å². The average molecular weight is 97.1 g/mol. The molecule has 1 aromatic heterocycles. The average Bonchev–Trinajstić information content (AvgIpc) is 2.14. The minimum absolute atomic E-state index is 0.500. The van der Waals surface area contributed by atoms with Crippen LogP contribution < -0.4 is 5.18 Å². The first-order valence-electron chi connectivity index (χ1n) is 1.95. The molecule has 0 aliphatic carbocycles. The van der Waals surface area contributed by atoms with Gasteiger partial charge in [-0.05, 0) is 11.2 Å². The Kier molecular flexibility index (Phi) is 0.898. The summed E-state index contributed by atoms with van der Waals surface area (Å²) in [6, 6.07) is 3.41. The van der Waals surface area contributed by atoms with Crippen molar-refractivity contribution in [3.8, 4) is 0 Å². The SMILES string of the molecule is O=[NH+]c1ccc[nH]1. The monoisotopic (exact) mass is 97.0 g/mol. The van der Waals surface area contributed by atoms with E-state index in [9.17, 15) is 4.91 Å². The van der Waals surface area contributed by atoms with Gasteiger partial charge in [0.25, 0.3) is 0 Å². The van der Waals surface area contributed by atoms with Gasteiger partial charge in [0.2, 0.25) is 0 Å². The molecule has 0 aliphatic heterocycles. The minimum Gasteiger partial charge on any atom is -0.245 e. The summed E-state index contributed by atoms with van der Waals surface area (Å²) < 4.78 is 0. The van der Waals surface area contributed by atoms with Gasteiger partial charge in [-0.3, -0.25) is 0 Å². The molecule has 0 unspecified atom stereocenters. The number of H-pyrrole nitrogens is 1. The van der Waals surface area contributed by atoms with E-state index in [1.807, 2.05) is 0 Å². The van der Waals surface area contributed by atoms with Crippen LogP contribution in [0, 0.1) is 4.91 Å². The number of aromatic nitrogens is 1. The maximum atomic E-state index is 9.71. The fourth-order valence-corrected chi connectivity index (χ4v) is 0.394. The van der Waals surface area contributed by atoms with E-state index in [0.717, 1.165) is 0 Å². The molecular weight excluding hydrogens is 92.1 g/mol. The van der Waals surface area contributed by atoms with E-state index in [-0.39, 0.29) is 0 Å². The van der Waals surface area contributed by atoms with Gasteiger partial charge in [-0.2, -0.15) is 0 Å². The van der Waals surface area contributed by atoms with Crippen molar-refractivity contribution in [3.63, 3.8) is 0 Å². The molecule has 0 amide bonds. The van der Waals surface area contributed by atoms with Gasteiger partial charge in [0, 0.05) is 6.07 Å². The van der Waals surface area contributed by atoms with Crippen molar-refractivity contribution < 1.29 is 5.18 Å². The molecule has 0 aliphatic rings. The van der Waals surface area contributed by atoms with Gasteiger partial charge in [0.1, 0.15) is 0 Å². The molecule has 1 aromatic rings. The van der Waals surface area contributed by atoms with Crippen LogP contribution in [0.5, 0.6) is 0 Å². The van der Waals surface area contributed by atoms with Crippen molar-refractivity contribution in [1.29, 1.82) is 0 Å². The van der Waals surface area contributed by atoms with Gasteiger partial charge >= 0.3 is 5.82 Å². The lowest BCUT2D eigenvalue weighted by Crippen LogP contribution is -2.55. The molecule has 0 atom stereocenters. The molecule has 7 heavy (non-hydrogen) atoms. The van der Waals surface area contributed by atoms with E-state index in [0.29, 0.717) is 5.82 Å². The molecule has 0 radical (unpaired) electrons. The van der Waals surface area contributed by atoms with Crippen LogP contribution >= 0.6 is 0 Å². The Labute approximate surface area is 40.3 Å². The Morgan fingerprint density at radius 3 is 2.86 bits per heavy atom. The standard InChI is InChI=1S/C4H4N2O/c7-6-4-2-1-3-5-4/h1-3,5H/p+1. The number of hydrogen-bond acceptors (Lipinski definition) is 1. The molecule has 1 rings (SSSR count). The second-order valence-corrected chi connectivity index (χ2v) is 1.19. The zero-order valence-corrected chi connectivity index (χ0v) is 3.64. The quantitative estimate of drug-likeness (QED) is 0.487. The largest absolute Gasteiger partial charge is 0.315 e.